The van der Waals surface area contributed by atoms with Gasteiger partial charge in [-0.3, -0.25) is 4.79 Å². The first-order valence-electron chi connectivity index (χ1n) is 12.1. The second-order valence-corrected chi connectivity index (χ2v) is 10.2. The maximum atomic E-state index is 12.9. The molecule has 1 spiro atoms. The molecule has 0 radical (unpaired) electrons. The van der Waals surface area contributed by atoms with Crippen molar-refractivity contribution in [1.82, 2.24) is 0 Å². The quantitative estimate of drug-likeness (QED) is 0.456. The fourth-order valence-corrected chi connectivity index (χ4v) is 6.03. The molecule has 0 aromatic carbocycles. The molecule has 3 aliphatic rings. The van der Waals surface area contributed by atoms with Crippen LogP contribution in [-0.2, 0) is 23.8 Å². The predicted molar refractivity (Wildman–Crippen MR) is 126 cm³/mol. The number of fused-ring (bicyclic) bond motifs is 1. The number of rotatable bonds is 7. The molecule has 2 heterocycles. The van der Waals surface area contributed by atoms with E-state index in [1.807, 2.05) is 19.9 Å². The predicted octanol–water partition coefficient (Wildman–Crippen LogP) is 4.03. The average molecular weight is 461 g/mol. The van der Waals surface area contributed by atoms with Gasteiger partial charge in [-0.1, -0.05) is 38.2 Å². The van der Waals surface area contributed by atoms with Gasteiger partial charge in [0.05, 0.1) is 17.8 Å². The van der Waals surface area contributed by atoms with Gasteiger partial charge in [-0.05, 0) is 51.5 Å². The van der Waals surface area contributed by atoms with E-state index >= 15 is 0 Å². The normalized spacial score (nSPS) is 40.6. The highest BCUT2D eigenvalue weighted by molar-refractivity contribution is 5.78. The molecule has 1 aliphatic carbocycles. The van der Waals surface area contributed by atoms with Crippen LogP contribution in [0.3, 0.4) is 0 Å². The third-order valence-corrected chi connectivity index (χ3v) is 8.08. The van der Waals surface area contributed by atoms with Crippen LogP contribution in [-0.4, -0.2) is 54.0 Å². The van der Waals surface area contributed by atoms with E-state index in [-0.39, 0.29) is 41.5 Å². The maximum absolute atomic E-state index is 12.9. The van der Waals surface area contributed by atoms with Crippen LogP contribution in [0.2, 0.25) is 0 Å². The number of methoxy groups -OCH3 is 1. The van der Waals surface area contributed by atoms with E-state index < -0.39 is 29.9 Å². The average Bonchev–Trinajstić information content (AvgIpc) is 3.07. The lowest BCUT2D eigenvalue weighted by molar-refractivity contribution is -0.171. The minimum Gasteiger partial charge on any atom is -0.457 e. The lowest BCUT2D eigenvalue weighted by atomic mass is 9.69. The number of ether oxygens (including phenoxy) is 3. The van der Waals surface area contributed by atoms with Crippen molar-refractivity contribution >= 4 is 11.8 Å². The first-order chi connectivity index (χ1) is 15.5. The number of cyclic esters (lactones) is 1. The van der Waals surface area contributed by atoms with Crippen molar-refractivity contribution in [2.45, 2.75) is 83.9 Å². The van der Waals surface area contributed by atoms with E-state index in [2.05, 4.69) is 31.7 Å². The van der Waals surface area contributed by atoms with Crippen LogP contribution in [0.5, 0.6) is 0 Å². The minimum atomic E-state index is -0.817. The molecule has 1 saturated heterocycles. The molecule has 0 amide bonds. The van der Waals surface area contributed by atoms with Gasteiger partial charge in [0, 0.05) is 30.8 Å². The third-order valence-electron chi connectivity index (χ3n) is 8.08. The molecule has 0 unspecified atom stereocenters. The van der Waals surface area contributed by atoms with Crippen molar-refractivity contribution in [1.29, 1.82) is 0 Å². The number of allylic oxidation sites excluding steroid dienone is 1. The zero-order valence-corrected chi connectivity index (χ0v) is 20.8. The van der Waals surface area contributed by atoms with Gasteiger partial charge >= 0.3 is 5.97 Å². The van der Waals surface area contributed by atoms with Crippen LogP contribution in [0.4, 0.5) is 0 Å². The smallest absolute Gasteiger partial charge is 0.335 e. The SMILES string of the molecule is C=CC[C@@H]([C@@H]1O[C@]23C[C@H]1C=C[C@@H]2C[C@H](OC)C(=O)O[C@H]([C@@H](C)O)[C@H](C)/C=C/3C)[C@@H](C)C(C)=O. The van der Waals surface area contributed by atoms with Crippen LogP contribution in [0.1, 0.15) is 53.9 Å². The molecule has 2 bridgehead atoms. The second kappa shape index (κ2) is 10.2. The maximum Gasteiger partial charge on any atom is 0.335 e. The topological polar surface area (TPSA) is 82.1 Å². The molecule has 6 nitrogen and oxygen atoms in total. The van der Waals surface area contributed by atoms with E-state index in [9.17, 15) is 14.7 Å². The third kappa shape index (κ3) is 4.89. The van der Waals surface area contributed by atoms with E-state index in [1.54, 1.807) is 13.8 Å². The van der Waals surface area contributed by atoms with Crippen LogP contribution in [0.15, 0.2) is 36.5 Å². The number of carbonyl (C=O) groups excluding carboxylic acids is 2. The Kier molecular flexibility index (Phi) is 8.03. The highest BCUT2D eigenvalue weighted by Crippen LogP contribution is 2.54. The zero-order valence-electron chi connectivity index (χ0n) is 20.8. The fourth-order valence-electron chi connectivity index (χ4n) is 6.03. The summed E-state index contributed by atoms with van der Waals surface area (Å²) in [4.78, 5) is 25.2. The van der Waals surface area contributed by atoms with Gasteiger partial charge in [-0.2, -0.15) is 0 Å². The Bertz CT molecular complexity index is 813. The highest BCUT2D eigenvalue weighted by atomic mass is 16.6. The van der Waals surface area contributed by atoms with Crippen molar-refractivity contribution in [3.05, 3.63) is 36.5 Å². The number of esters is 1. The monoisotopic (exact) mass is 460 g/mol. The molecular weight excluding hydrogens is 420 g/mol. The van der Waals surface area contributed by atoms with Crippen molar-refractivity contribution in [2.75, 3.05) is 7.11 Å². The van der Waals surface area contributed by atoms with Crippen molar-refractivity contribution in [3.8, 4) is 0 Å². The lowest BCUT2D eigenvalue weighted by Crippen LogP contribution is -2.46. The summed E-state index contributed by atoms with van der Waals surface area (Å²) in [5.74, 6) is -0.514. The Morgan fingerprint density at radius 1 is 1.36 bits per heavy atom. The molecule has 0 saturated carbocycles. The number of hydrogen-bond donors (Lipinski definition) is 1. The summed E-state index contributed by atoms with van der Waals surface area (Å²) in [7, 11) is 1.51. The van der Waals surface area contributed by atoms with Gasteiger partial charge in [0.2, 0.25) is 0 Å². The Labute approximate surface area is 198 Å². The van der Waals surface area contributed by atoms with Crippen LogP contribution < -0.4 is 0 Å². The summed E-state index contributed by atoms with van der Waals surface area (Å²) in [6.07, 6.45) is 7.86. The van der Waals surface area contributed by atoms with Crippen molar-refractivity contribution < 1.29 is 28.9 Å². The summed E-state index contributed by atoms with van der Waals surface area (Å²) < 4.78 is 18.2. The molecule has 10 atom stereocenters. The van der Waals surface area contributed by atoms with E-state index in [1.165, 1.54) is 7.11 Å². The van der Waals surface area contributed by atoms with E-state index in [0.717, 1.165) is 12.0 Å². The summed E-state index contributed by atoms with van der Waals surface area (Å²) in [6.45, 7) is 13.2. The molecule has 0 aromatic heterocycles. The Morgan fingerprint density at radius 2 is 2.06 bits per heavy atom. The van der Waals surface area contributed by atoms with E-state index in [0.29, 0.717) is 12.8 Å². The van der Waals surface area contributed by atoms with Gasteiger partial charge in [0.25, 0.3) is 0 Å². The number of aliphatic hydroxyl groups excluding tert-OH is 1. The molecule has 184 valence electrons. The molecule has 0 aromatic rings. The number of aliphatic hydroxyl groups is 1. The van der Waals surface area contributed by atoms with Gasteiger partial charge < -0.3 is 19.3 Å². The Morgan fingerprint density at radius 3 is 2.64 bits per heavy atom. The van der Waals surface area contributed by atoms with E-state index in [4.69, 9.17) is 14.2 Å². The van der Waals surface area contributed by atoms with Crippen molar-refractivity contribution in [2.24, 2.45) is 29.6 Å². The second-order valence-electron chi connectivity index (χ2n) is 10.2. The lowest BCUT2D eigenvalue weighted by Gasteiger charge is -2.41. The number of hydrogen-bond acceptors (Lipinski definition) is 6. The summed E-state index contributed by atoms with van der Waals surface area (Å²) >= 11 is 0. The molecule has 2 aliphatic heterocycles. The van der Waals surface area contributed by atoms with Crippen LogP contribution in [0.25, 0.3) is 0 Å². The van der Waals surface area contributed by atoms with Gasteiger partial charge in [-0.15, -0.1) is 6.58 Å². The molecular formula is C27H40O6. The Balaban J connectivity index is 2.06. The first-order valence-corrected chi connectivity index (χ1v) is 12.1. The van der Waals surface area contributed by atoms with Gasteiger partial charge in [0.1, 0.15) is 11.9 Å². The molecule has 6 heteroatoms. The zero-order chi connectivity index (χ0) is 24.5. The standard InChI is InChI=1S/C27H40O6/c1-8-9-22(17(4)18(5)28)25-20-10-11-21-13-23(31-7)26(30)32-24(19(6)29)15(2)12-16(3)27(21,14-20)33-25/h8,10-12,15,17,19-25,29H,1,9,13-14H2,2-7H3/b16-12+/t15-,17+,19-,20-,21-,22-,23+,24+,25-,27+/m1/s1. The highest BCUT2D eigenvalue weighted by Gasteiger charge is 2.56. The molecule has 1 N–H and O–H groups in total. The largest absolute Gasteiger partial charge is 0.457 e. The summed E-state index contributed by atoms with van der Waals surface area (Å²) in [5.41, 5.74) is 0.481. The summed E-state index contributed by atoms with van der Waals surface area (Å²) in [6, 6.07) is 0. The molecule has 33 heavy (non-hydrogen) atoms. The Hall–Kier alpha value is -1.76. The first kappa shape index (κ1) is 25.9. The van der Waals surface area contributed by atoms with Crippen LogP contribution in [0, 0.1) is 29.6 Å². The minimum absolute atomic E-state index is 0.0294. The number of ketones is 1. The van der Waals surface area contributed by atoms with Gasteiger partial charge in [0.15, 0.2) is 6.10 Å². The van der Waals surface area contributed by atoms with Gasteiger partial charge in [-0.25, -0.2) is 4.79 Å². The van der Waals surface area contributed by atoms with Crippen molar-refractivity contribution in [3.63, 3.8) is 0 Å². The summed E-state index contributed by atoms with van der Waals surface area (Å²) in [5, 5.41) is 10.3. The number of Topliss-reactive ketones (excluding diaryl/α,β-unsaturated/α-hetero) is 1. The van der Waals surface area contributed by atoms with Crippen LogP contribution >= 0.6 is 0 Å². The molecule has 1 fully saturated rings. The number of carbonyl (C=O) groups is 2. The fraction of sp³-hybridized carbons (Fsp3) is 0.704. The molecule has 3 rings (SSSR count).